The number of benzene rings is 2. The number of rotatable bonds is 4. The Bertz CT molecular complexity index is 628. The normalized spacial score (nSPS) is 16.6. The van der Waals surface area contributed by atoms with Crippen molar-refractivity contribution in [2.24, 2.45) is 0 Å². The van der Waals surface area contributed by atoms with E-state index in [1.807, 2.05) is 54.8 Å². The molecule has 0 saturated heterocycles. The zero-order valence-electron chi connectivity index (χ0n) is 11.1. The Morgan fingerprint density at radius 1 is 1.15 bits per heavy atom. The summed E-state index contributed by atoms with van der Waals surface area (Å²) in [6.45, 7) is 0.497. The van der Waals surface area contributed by atoms with Crippen molar-refractivity contribution in [3.63, 3.8) is 0 Å². The summed E-state index contributed by atoms with van der Waals surface area (Å²) < 4.78 is 5.85. The number of nitrogens with one attached hydrogen (secondary N) is 1. The summed E-state index contributed by atoms with van der Waals surface area (Å²) in [4.78, 5) is 11.9. The first-order chi connectivity index (χ1) is 9.79. The maximum atomic E-state index is 11.9. The molecule has 1 amide bonds. The van der Waals surface area contributed by atoms with E-state index in [2.05, 4.69) is 5.32 Å². The summed E-state index contributed by atoms with van der Waals surface area (Å²) in [5.74, 6) is 0.763. The van der Waals surface area contributed by atoms with Gasteiger partial charge in [0.25, 0.3) is 0 Å². The van der Waals surface area contributed by atoms with Gasteiger partial charge in [-0.05, 0) is 17.9 Å². The van der Waals surface area contributed by atoms with E-state index in [9.17, 15) is 4.79 Å². The Morgan fingerprint density at radius 2 is 1.95 bits per heavy atom. The number of hydrogen-bond acceptors (Lipinski definition) is 3. The highest BCUT2D eigenvalue weighted by atomic mass is 32.2. The topological polar surface area (TPSA) is 38.3 Å². The van der Waals surface area contributed by atoms with Crippen LogP contribution in [0.1, 0.15) is 16.4 Å². The predicted octanol–water partition coefficient (Wildman–Crippen LogP) is 3.62. The molecule has 4 heteroatoms. The van der Waals surface area contributed by atoms with E-state index >= 15 is 0 Å². The van der Waals surface area contributed by atoms with Crippen molar-refractivity contribution in [1.29, 1.82) is 0 Å². The van der Waals surface area contributed by atoms with Gasteiger partial charge in [-0.2, -0.15) is 0 Å². The first-order valence-corrected chi connectivity index (χ1v) is 7.71. The molecule has 20 heavy (non-hydrogen) atoms. The Hall–Kier alpha value is -1.94. The van der Waals surface area contributed by atoms with Crippen LogP contribution in [-0.2, 0) is 11.4 Å². The molecule has 0 aliphatic carbocycles. The lowest BCUT2D eigenvalue weighted by Gasteiger charge is -2.11. The fraction of sp³-hybridized carbons (Fsp3) is 0.188. The summed E-state index contributed by atoms with van der Waals surface area (Å²) in [6.07, 6.45) is 1.94. The summed E-state index contributed by atoms with van der Waals surface area (Å²) in [7, 11) is 0. The van der Waals surface area contributed by atoms with Gasteiger partial charge < -0.3 is 10.1 Å². The third-order valence-electron chi connectivity index (χ3n) is 3.30. The standard InChI is InChI=1S/C16H15NO2S/c1-20-15-12-8-5-9-13(14(12)17-16(15)18)19-10-11-6-3-2-4-7-11/h2-9,15H,10H2,1H3,(H,17,18). The quantitative estimate of drug-likeness (QED) is 0.932. The number of para-hydroxylation sites is 1. The Morgan fingerprint density at radius 3 is 2.70 bits per heavy atom. The van der Waals surface area contributed by atoms with Crippen molar-refractivity contribution >= 4 is 23.4 Å². The number of amides is 1. The molecule has 0 saturated carbocycles. The molecule has 3 rings (SSSR count). The number of anilines is 1. The lowest BCUT2D eigenvalue weighted by atomic mass is 10.1. The second-order valence-electron chi connectivity index (χ2n) is 4.60. The third-order valence-corrected chi connectivity index (χ3v) is 4.24. The van der Waals surface area contributed by atoms with E-state index in [4.69, 9.17) is 4.74 Å². The van der Waals surface area contributed by atoms with E-state index < -0.39 is 0 Å². The van der Waals surface area contributed by atoms with Crippen LogP contribution in [0.4, 0.5) is 5.69 Å². The van der Waals surface area contributed by atoms with Gasteiger partial charge in [-0.15, -0.1) is 11.8 Å². The van der Waals surface area contributed by atoms with Crippen LogP contribution in [0, 0.1) is 0 Å². The molecule has 2 aromatic rings. The fourth-order valence-corrected chi connectivity index (χ4v) is 3.04. The maximum Gasteiger partial charge on any atom is 0.242 e. The van der Waals surface area contributed by atoms with E-state index in [1.165, 1.54) is 11.8 Å². The Balaban J connectivity index is 1.82. The molecule has 0 aromatic heterocycles. The zero-order chi connectivity index (χ0) is 13.9. The van der Waals surface area contributed by atoms with Crippen LogP contribution >= 0.6 is 11.8 Å². The number of hydrogen-bond donors (Lipinski definition) is 1. The van der Waals surface area contributed by atoms with Gasteiger partial charge in [-0.1, -0.05) is 42.5 Å². The largest absolute Gasteiger partial charge is 0.487 e. The van der Waals surface area contributed by atoms with Crippen LogP contribution in [0.15, 0.2) is 48.5 Å². The fourth-order valence-electron chi connectivity index (χ4n) is 2.32. The highest BCUT2D eigenvalue weighted by molar-refractivity contribution is 7.99. The van der Waals surface area contributed by atoms with Gasteiger partial charge in [0.15, 0.2) is 0 Å². The molecule has 1 heterocycles. The first kappa shape index (κ1) is 13.1. The molecular weight excluding hydrogens is 270 g/mol. The molecule has 0 fully saturated rings. The predicted molar refractivity (Wildman–Crippen MR) is 82.1 cm³/mol. The van der Waals surface area contributed by atoms with Gasteiger partial charge in [0.1, 0.15) is 17.6 Å². The minimum absolute atomic E-state index is 0.0308. The summed E-state index contributed by atoms with van der Waals surface area (Å²) in [6, 6.07) is 15.8. The molecule has 102 valence electrons. The smallest absolute Gasteiger partial charge is 0.242 e. The average Bonchev–Trinajstić information content (AvgIpc) is 2.82. The van der Waals surface area contributed by atoms with Crippen LogP contribution in [0.5, 0.6) is 5.75 Å². The van der Waals surface area contributed by atoms with Crippen LogP contribution in [0.2, 0.25) is 0 Å². The maximum absolute atomic E-state index is 11.9. The summed E-state index contributed by atoms with van der Waals surface area (Å²) in [5.41, 5.74) is 2.93. The molecule has 0 spiro atoms. The van der Waals surface area contributed by atoms with Gasteiger partial charge in [-0.25, -0.2) is 0 Å². The van der Waals surface area contributed by atoms with Crippen molar-refractivity contribution in [3.05, 3.63) is 59.7 Å². The molecule has 1 aliphatic heterocycles. The molecule has 1 N–H and O–H groups in total. The van der Waals surface area contributed by atoms with Crippen LogP contribution < -0.4 is 10.1 Å². The molecular formula is C16H15NO2S. The van der Waals surface area contributed by atoms with Crippen molar-refractivity contribution in [3.8, 4) is 5.75 Å². The number of thioether (sulfide) groups is 1. The lowest BCUT2D eigenvalue weighted by Crippen LogP contribution is -2.08. The molecule has 1 atom stereocenters. The SMILES string of the molecule is CSC1C(=O)Nc2c(OCc3ccccc3)cccc21. The summed E-state index contributed by atoms with van der Waals surface area (Å²) >= 11 is 1.54. The second-order valence-corrected chi connectivity index (χ2v) is 5.54. The third kappa shape index (κ3) is 2.39. The van der Waals surface area contributed by atoms with E-state index in [0.29, 0.717) is 6.61 Å². The minimum atomic E-state index is -0.134. The molecule has 0 bridgehead atoms. The van der Waals surface area contributed by atoms with E-state index in [0.717, 1.165) is 22.6 Å². The van der Waals surface area contributed by atoms with Crippen molar-refractivity contribution < 1.29 is 9.53 Å². The van der Waals surface area contributed by atoms with Crippen LogP contribution in [0.3, 0.4) is 0 Å². The molecule has 3 nitrogen and oxygen atoms in total. The summed E-state index contributed by atoms with van der Waals surface area (Å²) in [5, 5.41) is 2.78. The van der Waals surface area contributed by atoms with Gasteiger partial charge in [0, 0.05) is 5.56 Å². The highest BCUT2D eigenvalue weighted by Crippen LogP contribution is 2.43. The van der Waals surface area contributed by atoms with E-state index in [-0.39, 0.29) is 11.2 Å². The number of fused-ring (bicyclic) bond motifs is 1. The van der Waals surface area contributed by atoms with Crippen molar-refractivity contribution in [2.75, 3.05) is 11.6 Å². The van der Waals surface area contributed by atoms with Crippen molar-refractivity contribution in [2.45, 2.75) is 11.9 Å². The van der Waals surface area contributed by atoms with Gasteiger partial charge in [0.2, 0.25) is 5.91 Å². The average molecular weight is 285 g/mol. The monoisotopic (exact) mass is 285 g/mol. The molecule has 1 aliphatic rings. The molecule has 2 aromatic carbocycles. The van der Waals surface area contributed by atoms with Gasteiger partial charge >= 0.3 is 0 Å². The second kappa shape index (κ2) is 5.59. The van der Waals surface area contributed by atoms with E-state index in [1.54, 1.807) is 0 Å². The van der Waals surface area contributed by atoms with Crippen LogP contribution in [-0.4, -0.2) is 12.2 Å². The first-order valence-electron chi connectivity index (χ1n) is 6.43. The van der Waals surface area contributed by atoms with Crippen molar-refractivity contribution in [1.82, 2.24) is 0 Å². The zero-order valence-corrected chi connectivity index (χ0v) is 11.9. The number of carbonyl (C=O) groups excluding carboxylic acids is 1. The van der Waals surface area contributed by atoms with Gasteiger partial charge in [0.05, 0.1) is 5.69 Å². The lowest BCUT2D eigenvalue weighted by molar-refractivity contribution is -0.115. The molecule has 1 unspecified atom stereocenters. The Labute approximate surface area is 122 Å². The number of carbonyl (C=O) groups is 1. The molecule has 0 radical (unpaired) electrons. The Kier molecular flexibility index (Phi) is 3.65. The van der Waals surface area contributed by atoms with Crippen LogP contribution in [0.25, 0.3) is 0 Å². The highest BCUT2D eigenvalue weighted by Gasteiger charge is 2.31. The number of ether oxygens (including phenoxy) is 1. The van der Waals surface area contributed by atoms with Gasteiger partial charge in [-0.3, -0.25) is 4.79 Å². The minimum Gasteiger partial charge on any atom is -0.487 e.